The number of ether oxygens (including phenoxy) is 1. The first-order valence-corrected chi connectivity index (χ1v) is 9.07. The molecule has 3 rings (SSSR count). The Labute approximate surface area is 146 Å². The van der Waals surface area contributed by atoms with Gasteiger partial charge in [0.05, 0.1) is 24.8 Å². The summed E-state index contributed by atoms with van der Waals surface area (Å²) in [5.74, 6) is 1.49. The van der Waals surface area contributed by atoms with E-state index < -0.39 is 10.0 Å². The number of hydrogen-bond donors (Lipinski definition) is 0. The van der Waals surface area contributed by atoms with Crippen molar-refractivity contribution in [3.8, 4) is 5.75 Å². The van der Waals surface area contributed by atoms with E-state index in [9.17, 15) is 8.42 Å². The van der Waals surface area contributed by atoms with Crippen LogP contribution in [0.25, 0.3) is 0 Å². The molecular formula is C18H18N2O4S. The smallest absolute Gasteiger partial charge is 0.265 e. The van der Waals surface area contributed by atoms with E-state index in [1.54, 1.807) is 62.7 Å². The van der Waals surface area contributed by atoms with E-state index in [4.69, 9.17) is 9.15 Å². The quantitative estimate of drug-likeness (QED) is 0.675. The van der Waals surface area contributed by atoms with Gasteiger partial charge < -0.3 is 9.15 Å². The van der Waals surface area contributed by atoms with Crippen LogP contribution >= 0.6 is 0 Å². The molecule has 0 aliphatic heterocycles. The standard InChI is InChI=1S/C18H18N2O4S/c1-14-12-16(8-9-17(14)23-2)25(21,22)20(13-15-6-5-11-24-15)18-7-3-4-10-19-18/h3-12H,13H2,1-2H3. The number of hydrogen-bond acceptors (Lipinski definition) is 5. The topological polar surface area (TPSA) is 72.6 Å². The van der Waals surface area contributed by atoms with Gasteiger partial charge in [0, 0.05) is 6.20 Å². The van der Waals surface area contributed by atoms with Gasteiger partial charge in [-0.25, -0.2) is 17.7 Å². The zero-order valence-electron chi connectivity index (χ0n) is 13.9. The van der Waals surface area contributed by atoms with Crippen LogP contribution in [-0.4, -0.2) is 20.5 Å². The van der Waals surface area contributed by atoms with Crippen LogP contribution < -0.4 is 9.04 Å². The second kappa shape index (κ2) is 6.98. The highest BCUT2D eigenvalue weighted by molar-refractivity contribution is 7.92. The summed E-state index contributed by atoms with van der Waals surface area (Å²) in [5.41, 5.74) is 0.738. The summed E-state index contributed by atoms with van der Waals surface area (Å²) >= 11 is 0. The Morgan fingerprint density at radius 2 is 2.00 bits per heavy atom. The lowest BCUT2D eigenvalue weighted by molar-refractivity contribution is 0.411. The highest BCUT2D eigenvalue weighted by Gasteiger charge is 2.27. The summed E-state index contributed by atoms with van der Waals surface area (Å²) in [5, 5.41) is 0. The van der Waals surface area contributed by atoms with Crippen LogP contribution in [0.4, 0.5) is 5.82 Å². The molecule has 0 unspecified atom stereocenters. The molecule has 0 saturated carbocycles. The Bertz CT molecular complexity index is 938. The van der Waals surface area contributed by atoms with Crippen molar-refractivity contribution in [2.24, 2.45) is 0 Å². The zero-order chi connectivity index (χ0) is 17.9. The number of sulfonamides is 1. The molecule has 1 aromatic carbocycles. The van der Waals surface area contributed by atoms with Gasteiger partial charge in [0.2, 0.25) is 0 Å². The number of aryl methyl sites for hydroxylation is 1. The minimum Gasteiger partial charge on any atom is -0.496 e. The van der Waals surface area contributed by atoms with Crippen LogP contribution in [-0.2, 0) is 16.6 Å². The first-order valence-electron chi connectivity index (χ1n) is 7.63. The maximum absolute atomic E-state index is 13.2. The van der Waals surface area contributed by atoms with E-state index in [1.807, 2.05) is 0 Å². The predicted molar refractivity (Wildman–Crippen MR) is 94.0 cm³/mol. The summed E-state index contributed by atoms with van der Waals surface area (Å²) < 4.78 is 38.2. The molecular weight excluding hydrogens is 340 g/mol. The summed E-state index contributed by atoms with van der Waals surface area (Å²) in [6, 6.07) is 13.3. The van der Waals surface area contributed by atoms with Gasteiger partial charge in [0.1, 0.15) is 17.3 Å². The van der Waals surface area contributed by atoms with Gasteiger partial charge in [-0.15, -0.1) is 0 Å². The molecule has 3 aromatic rings. The summed E-state index contributed by atoms with van der Waals surface area (Å²) in [7, 11) is -2.27. The fraction of sp³-hybridized carbons (Fsp3) is 0.167. The normalized spacial score (nSPS) is 11.3. The summed E-state index contributed by atoms with van der Waals surface area (Å²) in [4.78, 5) is 4.36. The van der Waals surface area contributed by atoms with Crippen molar-refractivity contribution in [2.75, 3.05) is 11.4 Å². The van der Waals surface area contributed by atoms with Crippen molar-refractivity contribution in [3.63, 3.8) is 0 Å². The number of pyridine rings is 1. The van der Waals surface area contributed by atoms with Crippen molar-refractivity contribution in [1.82, 2.24) is 4.98 Å². The minimum atomic E-state index is -3.82. The maximum Gasteiger partial charge on any atom is 0.265 e. The molecule has 0 radical (unpaired) electrons. The Morgan fingerprint density at radius 3 is 2.60 bits per heavy atom. The van der Waals surface area contributed by atoms with Crippen molar-refractivity contribution < 1.29 is 17.6 Å². The first kappa shape index (κ1) is 17.0. The molecule has 130 valence electrons. The number of methoxy groups -OCH3 is 1. The maximum atomic E-state index is 13.2. The van der Waals surface area contributed by atoms with E-state index in [0.717, 1.165) is 5.56 Å². The second-order valence-corrected chi connectivity index (χ2v) is 7.27. The van der Waals surface area contributed by atoms with Gasteiger partial charge in [-0.3, -0.25) is 0 Å². The van der Waals surface area contributed by atoms with E-state index in [1.165, 1.54) is 16.6 Å². The third-order valence-electron chi connectivity index (χ3n) is 3.74. The fourth-order valence-electron chi connectivity index (χ4n) is 2.47. The van der Waals surface area contributed by atoms with Gasteiger partial charge in [-0.1, -0.05) is 6.07 Å². The molecule has 2 heterocycles. The molecule has 0 N–H and O–H groups in total. The number of benzene rings is 1. The van der Waals surface area contributed by atoms with Gasteiger partial charge in [-0.2, -0.15) is 0 Å². The van der Waals surface area contributed by atoms with E-state index in [0.29, 0.717) is 17.3 Å². The summed E-state index contributed by atoms with van der Waals surface area (Å²) in [6.07, 6.45) is 3.06. The van der Waals surface area contributed by atoms with E-state index in [2.05, 4.69) is 4.98 Å². The molecule has 7 heteroatoms. The SMILES string of the molecule is COc1ccc(S(=O)(=O)N(Cc2ccco2)c2ccccn2)cc1C. The number of aromatic nitrogens is 1. The van der Waals surface area contributed by atoms with Crippen LogP contribution in [0.1, 0.15) is 11.3 Å². The predicted octanol–water partition coefficient (Wildman–Crippen LogP) is 3.39. The lowest BCUT2D eigenvalue weighted by atomic mass is 10.2. The van der Waals surface area contributed by atoms with Crippen molar-refractivity contribution >= 4 is 15.8 Å². The Kier molecular flexibility index (Phi) is 4.76. The molecule has 25 heavy (non-hydrogen) atoms. The fourth-order valence-corrected chi connectivity index (χ4v) is 3.94. The molecule has 0 aliphatic carbocycles. The zero-order valence-corrected chi connectivity index (χ0v) is 14.7. The van der Waals surface area contributed by atoms with Crippen LogP contribution in [0.2, 0.25) is 0 Å². The van der Waals surface area contributed by atoms with Crippen LogP contribution in [0.3, 0.4) is 0 Å². The molecule has 2 aromatic heterocycles. The molecule has 0 spiro atoms. The monoisotopic (exact) mass is 358 g/mol. The average Bonchev–Trinajstić information content (AvgIpc) is 3.13. The minimum absolute atomic E-state index is 0.0530. The van der Waals surface area contributed by atoms with Gasteiger partial charge in [0.25, 0.3) is 10.0 Å². The van der Waals surface area contributed by atoms with Crippen molar-refractivity contribution in [3.05, 3.63) is 72.3 Å². The number of furan rings is 1. The number of anilines is 1. The molecule has 6 nitrogen and oxygen atoms in total. The molecule has 0 amide bonds. The Balaban J connectivity index is 2.06. The third-order valence-corrected chi connectivity index (χ3v) is 5.48. The van der Waals surface area contributed by atoms with Gasteiger partial charge >= 0.3 is 0 Å². The van der Waals surface area contributed by atoms with Crippen LogP contribution in [0.15, 0.2) is 70.3 Å². The first-order chi connectivity index (χ1) is 12.0. The average molecular weight is 358 g/mol. The Morgan fingerprint density at radius 1 is 1.16 bits per heavy atom. The lowest BCUT2D eigenvalue weighted by Gasteiger charge is -2.23. The Hall–Kier alpha value is -2.80. The van der Waals surface area contributed by atoms with Crippen LogP contribution in [0, 0.1) is 6.92 Å². The molecule has 0 atom stereocenters. The van der Waals surface area contributed by atoms with Gasteiger partial charge in [-0.05, 0) is 55.0 Å². The summed E-state index contributed by atoms with van der Waals surface area (Å²) in [6.45, 7) is 1.85. The molecule has 0 fully saturated rings. The van der Waals surface area contributed by atoms with Crippen LogP contribution in [0.5, 0.6) is 5.75 Å². The van der Waals surface area contributed by atoms with Crippen molar-refractivity contribution in [1.29, 1.82) is 0 Å². The third kappa shape index (κ3) is 3.51. The van der Waals surface area contributed by atoms with Crippen molar-refractivity contribution in [2.45, 2.75) is 18.4 Å². The largest absolute Gasteiger partial charge is 0.496 e. The van der Waals surface area contributed by atoms with Gasteiger partial charge in [0.15, 0.2) is 0 Å². The second-order valence-electron chi connectivity index (χ2n) is 5.41. The van der Waals surface area contributed by atoms with E-state index >= 15 is 0 Å². The molecule has 0 bridgehead atoms. The highest BCUT2D eigenvalue weighted by Crippen LogP contribution is 2.27. The highest BCUT2D eigenvalue weighted by atomic mass is 32.2. The molecule has 0 aliphatic rings. The lowest BCUT2D eigenvalue weighted by Crippen LogP contribution is -2.31. The van der Waals surface area contributed by atoms with E-state index in [-0.39, 0.29) is 11.4 Å². The number of rotatable bonds is 6. The molecule has 0 saturated heterocycles. The number of nitrogens with zero attached hydrogens (tertiary/aromatic N) is 2.